The molecule has 5 nitrogen and oxygen atoms in total. The average molecular weight is 247 g/mol. The Hall–Kier alpha value is -2.30. The number of fused-ring (bicyclic) bond motifs is 1. The maximum atomic E-state index is 11.9. The van der Waals surface area contributed by atoms with Crippen molar-refractivity contribution in [1.29, 1.82) is 0 Å². The van der Waals surface area contributed by atoms with Crippen LogP contribution in [0, 0.1) is 0 Å². The van der Waals surface area contributed by atoms with Crippen molar-refractivity contribution in [2.75, 3.05) is 6.54 Å². The highest BCUT2D eigenvalue weighted by Gasteiger charge is 2.22. The summed E-state index contributed by atoms with van der Waals surface area (Å²) in [6.07, 6.45) is 6.42. The molecule has 0 fully saturated rings. The highest BCUT2D eigenvalue weighted by molar-refractivity contribution is 5.75. The van der Waals surface area contributed by atoms with E-state index in [9.17, 15) is 9.90 Å². The van der Waals surface area contributed by atoms with Crippen LogP contribution in [-0.4, -0.2) is 27.6 Å². The summed E-state index contributed by atoms with van der Waals surface area (Å²) >= 11 is 0. The molecule has 0 atom stereocenters. The first kappa shape index (κ1) is 12.2. The Labute approximate surface area is 107 Å². The van der Waals surface area contributed by atoms with Crippen molar-refractivity contribution in [1.82, 2.24) is 15.2 Å². The summed E-state index contributed by atoms with van der Waals surface area (Å²) < 4.78 is 0. The number of amides is 2. The first-order chi connectivity index (χ1) is 8.70. The molecule has 2 N–H and O–H groups in total. The van der Waals surface area contributed by atoms with Crippen molar-refractivity contribution in [3.63, 3.8) is 0 Å². The second-order valence-corrected chi connectivity index (χ2v) is 4.05. The molecule has 0 radical (unpaired) electrons. The van der Waals surface area contributed by atoms with Gasteiger partial charge in [-0.25, -0.2) is 4.79 Å². The van der Waals surface area contributed by atoms with Gasteiger partial charge in [-0.3, -0.25) is 4.98 Å². The molecule has 0 unspecified atom stereocenters. The van der Waals surface area contributed by atoms with E-state index in [0.29, 0.717) is 13.1 Å². The number of nitrogens with zero attached hydrogens (tertiary/aromatic N) is 2. The number of nitrogens with one attached hydrogen (secondary N) is 1. The average Bonchev–Trinajstić information content (AvgIpc) is 2.80. The SMILES string of the molecule is C=C/C=C(\O)CNC(=O)N1Cc2ccncc2C1.[HH]. The lowest BCUT2D eigenvalue weighted by Crippen LogP contribution is -2.37. The van der Waals surface area contributed by atoms with E-state index in [0.717, 1.165) is 11.1 Å². The fourth-order valence-electron chi connectivity index (χ4n) is 1.84. The van der Waals surface area contributed by atoms with E-state index in [1.165, 1.54) is 12.2 Å². The lowest BCUT2D eigenvalue weighted by Gasteiger charge is -2.16. The number of aliphatic hydroxyl groups excluding tert-OH is 1. The Morgan fingerprint density at radius 1 is 1.61 bits per heavy atom. The third-order valence-corrected chi connectivity index (χ3v) is 2.75. The standard InChI is InChI=1S/C13H15N3O2.H2/c1-2-3-12(17)7-15-13(18)16-8-10-4-5-14-6-11(10)9-16;/h2-6,17H,1,7-9H2,(H,15,18);1H/b12-3-;. The maximum absolute atomic E-state index is 11.9. The molecular weight excluding hydrogens is 230 g/mol. The van der Waals surface area contributed by atoms with Crippen LogP contribution in [0.5, 0.6) is 0 Å². The molecule has 0 aromatic carbocycles. The number of hydrogen-bond donors (Lipinski definition) is 2. The van der Waals surface area contributed by atoms with E-state index in [4.69, 9.17) is 0 Å². The molecule has 18 heavy (non-hydrogen) atoms. The molecule has 0 bridgehead atoms. The van der Waals surface area contributed by atoms with Gasteiger partial charge < -0.3 is 15.3 Å². The van der Waals surface area contributed by atoms with Gasteiger partial charge in [0.1, 0.15) is 5.76 Å². The second-order valence-electron chi connectivity index (χ2n) is 4.05. The summed E-state index contributed by atoms with van der Waals surface area (Å²) in [6.45, 7) is 4.71. The van der Waals surface area contributed by atoms with E-state index in [-0.39, 0.29) is 19.8 Å². The summed E-state index contributed by atoms with van der Waals surface area (Å²) in [7, 11) is 0. The Bertz CT molecular complexity index is 477. The van der Waals surface area contributed by atoms with Crippen molar-refractivity contribution in [2.45, 2.75) is 13.1 Å². The van der Waals surface area contributed by atoms with Crippen LogP contribution in [0.25, 0.3) is 0 Å². The minimum atomic E-state index is -0.199. The molecule has 0 spiro atoms. The van der Waals surface area contributed by atoms with Crippen molar-refractivity contribution < 1.29 is 11.3 Å². The molecule has 1 aliphatic rings. The van der Waals surface area contributed by atoms with Crippen LogP contribution < -0.4 is 5.32 Å². The summed E-state index contributed by atoms with van der Waals surface area (Å²) in [5, 5.41) is 12.0. The number of aromatic nitrogens is 1. The van der Waals surface area contributed by atoms with Gasteiger partial charge in [-0.15, -0.1) is 0 Å². The fraction of sp³-hybridized carbons (Fsp3) is 0.231. The summed E-state index contributed by atoms with van der Waals surface area (Å²) in [5.74, 6) is 0.0803. The number of rotatable bonds is 3. The monoisotopic (exact) mass is 247 g/mol. The molecule has 2 rings (SSSR count). The molecule has 96 valence electrons. The van der Waals surface area contributed by atoms with Crippen LogP contribution in [0.3, 0.4) is 0 Å². The minimum Gasteiger partial charge on any atom is -0.510 e. The van der Waals surface area contributed by atoms with E-state index in [2.05, 4.69) is 16.9 Å². The number of carbonyl (C=O) groups excluding carboxylic acids is 1. The Kier molecular flexibility index (Phi) is 3.62. The van der Waals surface area contributed by atoms with Crippen molar-refractivity contribution in [2.24, 2.45) is 0 Å². The number of hydrogen-bond acceptors (Lipinski definition) is 3. The zero-order chi connectivity index (χ0) is 13.0. The smallest absolute Gasteiger partial charge is 0.318 e. The topological polar surface area (TPSA) is 65.5 Å². The number of aliphatic hydroxyl groups is 1. The van der Waals surface area contributed by atoms with Gasteiger partial charge in [0.05, 0.1) is 6.54 Å². The number of pyridine rings is 1. The zero-order valence-corrected chi connectivity index (χ0v) is 9.97. The number of allylic oxidation sites excluding steroid dienone is 2. The predicted molar refractivity (Wildman–Crippen MR) is 69.9 cm³/mol. The van der Waals surface area contributed by atoms with E-state index in [1.54, 1.807) is 17.3 Å². The van der Waals surface area contributed by atoms with Gasteiger partial charge in [-0.05, 0) is 23.3 Å². The molecule has 1 aliphatic heterocycles. The van der Waals surface area contributed by atoms with Crippen LogP contribution in [0.15, 0.2) is 43.0 Å². The van der Waals surface area contributed by atoms with Crippen LogP contribution in [0.2, 0.25) is 0 Å². The van der Waals surface area contributed by atoms with Crippen LogP contribution >= 0.6 is 0 Å². The van der Waals surface area contributed by atoms with Gasteiger partial charge in [0.25, 0.3) is 0 Å². The zero-order valence-electron chi connectivity index (χ0n) is 9.97. The van der Waals surface area contributed by atoms with Crippen LogP contribution in [0.4, 0.5) is 4.79 Å². The minimum absolute atomic E-state index is 0. The molecule has 1 aromatic heterocycles. The van der Waals surface area contributed by atoms with Crippen LogP contribution in [0.1, 0.15) is 12.6 Å². The second kappa shape index (κ2) is 5.35. The summed E-state index contributed by atoms with van der Waals surface area (Å²) in [4.78, 5) is 17.6. The van der Waals surface area contributed by atoms with Gasteiger partial charge >= 0.3 is 6.03 Å². The van der Waals surface area contributed by atoms with E-state index >= 15 is 0 Å². The van der Waals surface area contributed by atoms with Gasteiger partial charge in [0.15, 0.2) is 0 Å². The highest BCUT2D eigenvalue weighted by atomic mass is 16.3. The fourth-order valence-corrected chi connectivity index (χ4v) is 1.84. The van der Waals surface area contributed by atoms with Gasteiger partial charge in [0.2, 0.25) is 0 Å². The third-order valence-electron chi connectivity index (χ3n) is 2.75. The van der Waals surface area contributed by atoms with Crippen molar-refractivity contribution in [3.8, 4) is 0 Å². The first-order valence-corrected chi connectivity index (χ1v) is 5.66. The van der Waals surface area contributed by atoms with E-state index in [1.807, 2.05) is 6.07 Å². The molecule has 0 saturated carbocycles. The highest BCUT2D eigenvalue weighted by Crippen LogP contribution is 2.20. The molecular formula is C13H17N3O2. The first-order valence-electron chi connectivity index (χ1n) is 5.66. The lowest BCUT2D eigenvalue weighted by molar-refractivity contribution is 0.197. The molecule has 2 heterocycles. The van der Waals surface area contributed by atoms with Crippen molar-refractivity contribution >= 4 is 6.03 Å². The van der Waals surface area contributed by atoms with Gasteiger partial charge in [-0.1, -0.05) is 12.7 Å². The van der Waals surface area contributed by atoms with Crippen LogP contribution in [-0.2, 0) is 13.1 Å². The third kappa shape index (κ3) is 2.68. The largest absolute Gasteiger partial charge is 0.510 e. The normalized spacial score (nSPS) is 14.2. The van der Waals surface area contributed by atoms with E-state index < -0.39 is 0 Å². The summed E-state index contributed by atoms with van der Waals surface area (Å²) in [6, 6.07) is 1.72. The number of carbonyl (C=O) groups is 1. The summed E-state index contributed by atoms with van der Waals surface area (Å²) in [5.41, 5.74) is 2.18. The molecule has 0 aliphatic carbocycles. The maximum Gasteiger partial charge on any atom is 0.318 e. The van der Waals surface area contributed by atoms with Gasteiger partial charge in [-0.2, -0.15) is 0 Å². The molecule has 5 heteroatoms. The Morgan fingerprint density at radius 2 is 2.39 bits per heavy atom. The predicted octanol–water partition coefficient (Wildman–Crippen LogP) is 1.98. The Balaban J connectivity index is 0.00000180. The number of urea groups is 1. The Morgan fingerprint density at radius 3 is 3.11 bits per heavy atom. The molecule has 2 amide bonds. The molecule has 0 saturated heterocycles. The lowest BCUT2D eigenvalue weighted by atomic mass is 10.2. The quantitative estimate of drug-likeness (QED) is 0.634. The van der Waals surface area contributed by atoms with Crippen molar-refractivity contribution in [3.05, 3.63) is 54.1 Å². The van der Waals surface area contributed by atoms with Gasteiger partial charge in [0, 0.05) is 26.9 Å². The molecule has 1 aromatic rings.